The summed E-state index contributed by atoms with van der Waals surface area (Å²) in [5.74, 6) is 0.177. The number of hydrogen-bond donors (Lipinski definition) is 1. The van der Waals surface area contributed by atoms with Crippen molar-refractivity contribution in [2.24, 2.45) is 0 Å². The van der Waals surface area contributed by atoms with Crippen LogP contribution in [-0.2, 0) is 4.79 Å². The van der Waals surface area contributed by atoms with Crippen molar-refractivity contribution in [3.05, 3.63) is 0 Å². The average molecular weight is 228 g/mol. The van der Waals surface area contributed by atoms with E-state index in [4.69, 9.17) is 5.11 Å². The third-order valence-electron chi connectivity index (χ3n) is 3.41. The smallest absolute Gasteiger partial charge is 0.239 e. The van der Waals surface area contributed by atoms with E-state index in [1.165, 1.54) is 6.42 Å². The molecule has 16 heavy (non-hydrogen) atoms. The molecule has 1 fully saturated rings. The largest absolute Gasteiger partial charge is 0.396 e. The van der Waals surface area contributed by atoms with Gasteiger partial charge in [0.15, 0.2) is 0 Å². The Morgan fingerprint density at radius 2 is 2.25 bits per heavy atom. The lowest BCUT2D eigenvalue weighted by Gasteiger charge is -2.31. The topological polar surface area (TPSA) is 43.8 Å². The number of nitrogens with zero attached hydrogens (tertiary/aromatic N) is 2. The first kappa shape index (κ1) is 13.5. The highest BCUT2D eigenvalue weighted by atomic mass is 16.3. The predicted molar refractivity (Wildman–Crippen MR) is 64.2 cm³/mol. The van der Waals surface area contributed by atoms with Crippen LogP contribution in [0.15, 0.2) is 0 Å². The second-order valence-corrected chi connectivity index (χ2v) is 4.81. The van der Waals surface area contributed by atoms with Crippen molar-refractivity contribution in [3.8, 4) is 0 Å². The maximum atomic E-state index is 11.9. The highest BCUT2D eigenvalue weighted by molar-refractivity contribution is 5.81. The third kappa shape index (κ3) is 3.19. The molecule has 0 radical (unpaired) electrons. The second-order valence-electron chi connectivity index (χ2n) is 4.81. The normalized spacial score (nSPS) is 23.4. The van der Waals surface area contributed by atoms with Crippen LogP contribution in [-0.4, -0.2) is 60.1 Å². The van der Waals surface area contributed by atoms with Gasteiger partial charge in [0.05, 0.1) is 6.04 Å². The third-order valence-corrected chi connectivity index (χ3v) is 3.41. The molecule has 1 saturated heterocycles. The fraction of sp³-hybridized carbons (Fsp3) is 0.917. The zero-order chi connectivity index (χ0) is 12.1. The maximum absolute atomic E-state index is 11.9. The van der Waals surface area contributed by atoms with Gasteiger partial charge in [0, 0.05) is 26.7 Å². The Labute approximate surface area is 98.2 Å². The van der Waals surface area contributed by atoms with Crippen molar-refractivity contribution >= 4 is 5.91 Å². The number of rotatable bonds is 5. The number of likely N-dealkylation sites (tertiary alicyclic amines) is 1. The molecule has 1 heterocycles. The van der Waals surface area contributed by atoms with Crippen molar-refractivity contribution in [3.63, 3.8) is 0 Å². The zero-order valence-electron chi connectivity index (χ0n) is 10.6. The summed E-state index contributed by atoms with van der Waals surface area (Å²) in [6.07, 6.45) is 4.16. The highest BCUT2D eigenvalue weighted by Gasteiger charge is 2.31. The first-order valence-corrected chi connectivity index (χ1v) is 6.15. The Morgan fingerprint density at radius 1 is 1.56 bits per heavy atom. The van der Waals surface area contributed by atoms with Gasteiger partial charge in [-0.1, -0.05) is 0 Å². The number of hydrogen-bond acceptors (Lipinski definition) is 3. The van der Waals surface area contributed by atoms with E-state index in [0.717, 1.165) is 25.8 Å². The van der Waals surface area contributed by atoms with Gasteiger partial charge in [-0.25, -0.2) is 0 Å². The Balaban J connectivity index is 2.53. The van der Waals surface area contributed by atoms with Gasteiger partial charge in [0.2, 0.25) is 5.91 Å². The Kier molecular flexibility index (Phi) is 5.22. The molecule has 0 aromatic heterocycles. The summed E-state index contributed by atoms with van der Waals surface area (Å²) in [5, 5.41) is 8.86. The number of carbonyl (C=O) groups excluding carboxylic acids is 1. The summed E-state index contributed by atoms with van der Waals surface area (Å²) in [4.78, 5) is 15.8. The first-order chi connectivity index (χ1) is 7.57. The van der Waals surface area contributed by atoms with Crippen LogP contribution in [0.3, 0.4) is 0 Å². The average Bonchev–Trinajstić information content (AvgIpc) is 2.72. The molecule has 0 aromatic rings. The van der Waals surface area contributed by atoms with E-state index in [0.29, 0.717) is 6.04 Å². The quantitative estimate of drug-likeness (QED) is 0.753. The molecule has 0 bridgehead atoms. The van der Waals surface area contributed by atoms with Crippen molar-refractivity contribution in [2.75, 3.05) is 27.2 Å². The van der Waals surface area contributed by atoms with Crippen LogP contribution in [0.5, 0.6) is 0 Å². The molecule has 0 saturated carbocycles. The molecule has 1 rings (SSSR count). The van der Waals surface area contributed by atoms with E-state index >= 15 is 0 Å². The Morgan fingerprint density at radius 3 is 2.81 bits per heavy atom. The Hall–Kier alpha value is -0.610. The molecule has 4 heteroatoms. The predicted octanol–water partition coefficient (Wildman–Crippen LogP) is 0.700. The lowest BCUT2D eigenvalue weighted by atomic mass is 10.1. The first-order valence-electron chi connectivity index (χ1n) is 6.15. The highest BCUT2D eigenvalue weighted by Crippen LogP contribution is 2.24. The van der Waals surface area contributed by atoms with Gasteiger partial charge in [-0.2, -0.15) is 0 Å². The molecule has 2 unspecified atom stereocenters. The summed E-state index contributed by atoms with van der Waals surface area (Å²) in [7, 11) is 3.61. The van der Waals surface area contributed by atoms with Crippen molar-refractivity contribution in [2.45, 2.75) is 44.7 Å². The molecule has 0 aliphatic carbocycles. The number of likely N-dealkylation sites (N-methyl/N-ethyl adjacent to an activating group) is 1. The summed E-state index contributed by atoms with van der Waals surface area (Å²) in [5.41, 5.74) is 0. The molecule has 0 spiro atoms. The van der Waals surface area contributed by atoms with Crippen molar-refractivity contribution < 1.29 is 9.90 Å². The van der Waals surface area contributed by atoms with E-state index in [9.17, 15) is 4.79 Å². The van der Waals surface area contributed by atoms with Gasteiger partial charge in [-0.3, -0.25) is 9.69 Å². The fourth-order valence-electron chi connectivity index (χ4n) is 2.52. The van der Waals surface area contributed by atoms with Gasteiger partial charge in [0.1, 0.15) is 0 Å². The number of amides is 1. The zero-order valence-corrected chi connectivity index (χ0v) is 10.6. The van der Waals surface area contributed by atoms with E-state index in [2.05, 4.69) is 4.90 Å². The molecule has 2 atom stereocenters. The molecular formula is C12H24N2O2. The minimum absolute atomic E-state index is 0.0267. The van der Waals surface area contributed by atoms with Crippen LogP contribution in [0, 0.1) is 0 Å². The van der Waals surface area contributed by atoms with Gasteiger partial charge >= 0.3 is 0 Å². The van der Waals surface area contributed by atoms with E-state index < -0.39 is 0 Å². The minimum Gasteiger partial charge on any atom is -0.396 e. The lowest BCUT2D eigenvalue weighted by molar-refractivity contribution is -0.134. The molecular weight excluding hydrogens is 204 g/mol. The standard InChI is InChI=1S/C12H24N2O2/c1-10(12(16)13(2)3)14-8-4-6-11(14)7-5-9-15/h10-11,15H,4-9H2,1-3H3. The van der Waals surface area contributed by atoms with Gasteiger partial charge in [-0.05, 0) is 39.2 Å². The van der Waals surface area contributed by atoms with Crippen LogP contribution >= 0.6 is 0 Å². The summed E-state index contributed by atoms with van der Waals surface area (Å²) in [6, 6.07) is 0.451. The lowest BCUT2D eigenvalue weighted by Crippen LogP contribution is -2.46. The summed E-state index contributed by atoms with van der Waals surface area (Å²) < 4.78 is 0. The van der Waals surface area contributed by atoms with Crippen LogP contribution in [0.1, 0.15) is 32.6 Å². The van der Waals surface area contributed by atoms with Gasteiger partial charge < -0.3 is 10.0 Å². The fourth-order valence-corrected chi connectivity index (χ4v) is 2.52. The van der Waals surface area contributed by atoms with Gasteiger partial charge in [-0.15, -0.1) is 0 Å². The maximum Gasteiger partial charge on any atom is 0.239 e. The second kappa shape index (κ2) is 6.21. The number of aliphatic hydroxyl groups is 1. The molecule has 1 aliphatic heterocycles. The Bertz CT molecular complexity index is 231. The number of aliphatic hydroxyl groups excluding tert-OH is 1. The molecule has 94 valence electrons. The summed E-state index contributed by atoms with van der Waals surface area (Å²) >= 11 is 0. The van der Waals surface area contributed by atoms with E-state index in [1.54, 1.807) is 19.0 Å². The minimum atomic E-state index is -0.0267. The monoisotopic (exact) mass is 228 g/mol. The molecule has 1 N–H and O–H groups in total. The summed E-state index contributed by atoms with van der Waals surface area (Å²) in [6.45, 7) is 3.25. The molecule has 1 amide bonds. The van der Waals surface area contributed by atoms with E-state index in [-0.39, 0.29) is 18.6 Å². The molecule has 1 aliphatic rings. The van der Waals surface area contributed by atoms with Crippen molar-refractivity contribution in [1.82, 2.24) is 9.80 Å². The van der Waals surface area contributed by atoms with Crippen LogP contribution < -0.4 is 0 Å². The molecule has 0 aromatic carbocycles. The number of carbonyl (C=O) groups is 1. The molecule has 4 nitrogen and oxygen atoms in total. The van der Waals surface area contributed by atoms with E-state index in [1.807, 2.05) is 6.92 Å². The van der Waals surface area contributed by atoms with Crippen LogP contribution in [0.2, 0.25) is 0 Å². The van der Waals surface area contributed by atoms with Crippen LogP contribution in [0.4, 0.5) is 0 Å². The van der Waals surface area contributed by atoms with Crippen molar-refractivity contribution in [1.29, 1.82) is 0 Å². The SMILES string of the molecule is CC(C(=O)N(C)C)N1CCCC1CCCO. The van der Waals surface area contributed by atoms with Gasteiger partial charge in [0.25, 0.3) is 0 Å². The van der Waals surface area contributed by atoms with Crippen LogP contribution in [0.25, 0.3) is 0 Å².